The van der Waals surface area contributed by atoms with Crippen molar-refractivity contribution in [3.05, 3.63) is 0 Å². The predicted octanol–water partition coefficient (Wildman–Crippen LogP) is -11.1. The molecule has 0 radical (unpaired) electrons. The molecule has 0 aromatic heterocycles. The van der Waals surface area contributed by atoms with Gasteiger partial charge in [0.1, 0.15) is 116 Å². The molecule has 0 aliphatic carbocycles. The van der Waals surface area contributed by atoms with Crippen molar-refractivity contribution in [2.75, 3.05) is 33.0 Å². The van der Waals surface area contributed by atoms with Crippen LogP contribution in [-0.2, 0) is 42.7 Å². The average molecular weight is 856 g/mol. The van der Waals surface area contributed by atoms with E-state index in [1.54, 1.807) is 0 Å². The number of hydrogen-bond donors (Lipinski definition) is 17. The minimum Gasteiger partial charge on any atom is -0.394 e. The van der Waals surface area contributed by atoms with Gasteiger partial charge in [0.25, 0.3) is 0 Å². The maximum atomic E-state index is 12.6. The fourth-order valence-corrected chi connectivity index (χ4v) is 6.95. The van der Waals surface area contributed by atoms with E-state index in [1.165, 1.54) is 6.92 Å². The molecule has 0 unspecified atom stereocenters. The van der Waals surface area contributed by atoms with Crippen LogP contribution in [0.1, 0.15) is 13.8 Å². The first kappa shape index (κ1) is 49.2. The van der Waals surface area contributed by atoms with Crippen molar-refractivity contribution in [1.82, 2.24) is 5.32 Å². The van der Waals surface area contributed by atoms with Crippen molar-refractivity contribution < 1.29 is 124 Å². The molecule has 0 bridgehead atoms. The van der Waals surface area contributed by atoms with Gasteiger partial charge < -0.3 is 125 Å². The highest BCUT2D eigenvalue weighted by molar-refractivity contribution is 5.73. The third kappa shape index (κ3) is 10.7. The second-order valence-electron chi connectivity index (χ2n) is 14.4. The fraction of sp³-hybridized carbons (Fsp3) is 0.969. The quantitative estimate of drug-likeness (QED) is 0.0646. The average Bonchev–Trinajstić information content (AvgIpc) is 3.20. The van der Waals surface area contributed by atoms with E-state index < -0.39 is 186 Å². The molecule has 4 aliphatic heterocycles. The number of aliphatic hydroxyl groups is 16. The number of rotatable bonds is 17. The first-order chi connectivity index (χ1) is 27.3. The van der Waals surface area contributed by atoms with Gasteiger partial charge in [-0.1, -0.05) is 0 Å². The van der Waals surface area contributed by atoms with E-state index in [0.717, 1.165) is 6.92 Å². The van der Waals surface area contributed by atoms with Gasteiger partial charge in [-0.3, -0.25) is 4.79 Å². The number of nitrogens with one attached hydrogen (secondary N) is 1. The van der Waals surface area contributed by atoms with Crippen LogP contribution >= 0.6 is 0 Å². The van der Waals surface area contributed by atoms with Crippen LogP contribution in [0.5, 0.6) is 0 Å². The van der Waals surface area contributed by atoms with Gasteiger partial charge in [-0.2, -0.15) is 0 Å². The SMILES string of the molecule is CC(=O)N[C@H]1[C@H](O[C@H]2[C@@H](O)[C@@H](CO)O[C@@H](O[C@@H]([C@H](O)[C@@H](O)CO)[C@H](O)CO)[C@@H]2O)O[C@H](CO)[C@@H](O)[C@@H]1O[C@@H]1O[C@H](CO)[C@H](O)[C@H](O)[C@H]1O[C@@H]1O[C@@H](C)[C@@H](O)[C@@H](O)[C@@H]1O. The molecule has 58 heavy (non-hydrogen) atoms. The summed E-state index contributed by atoms with van der Waals surface area (Å²) in [6.45, 7) is -2.67. The highest BCUT2D eigenvalue weighted by Crippen LogP contribution is 2.35. The molecule has 0 spiro atoms. The van der Waals surface area contributed by atoms with Gasteiger partial charge in [0.15, 0.2) is 25.2 Å². The number of carbonyl (C=O) groups is 1. The number of ether oxygens (including phenoxy) is 8. The van der Waals surface area contributed by atoms with Crippen molar-refractivity contribution in [2.24, 2.45) is 0 Å². The summed E-state index contributed by atoms with van der Waals surface area (Å²) in [5, 5.41) is 169. The molecule has 0 aromatic rings. The van der Waals surface area contributed by atoms with Crippen molar-refractivity contribution in [3.8, 4) is 0 Å². The Kier molecular flexibility index (Phi) is 18.3. The van der Waals surface area contributed by atoms with Gasteiger partial charge in [-0.25, -0.2) is 0 Å². The van der Waals surface area contributed by atoms with E-state index in [4.69, 9.17) is 37.9 Å². The zero-order chi connectivity index (χ0) is 43.3. The highest BCUT2D eigenvalue weighted by atomic mass is 16.8. The molecule has 24 atom stereocenters. The van der Waals surface area contributed by atoms with Crippen LogP contribution in [0, 0.1) is 0 Å². The molecule has 340 valence electrons. The third-order valence-electron chi connectivity index (χ3n) is 10.3. The van der Waals surface area contributed by atoms with E-state index in [9.17, 15) is 86.5 Å². The van der Waals surface area contributed by atoms with E-state index in [0.29, 0.717) is 0 Å². The van der Waals surface area contributed by atoms with Crippen LogP contribution in [0.2, 0.25) is 0 Å². The standard InChI is InChI=1S/C32H57NO25/c1-8-16(42)21(47)23(49)30(51-8)58-28-22(48)18(44)12(5-36)54-32(28)56-26-15(33-9(2)39)29(52-13(6-37)19(26)45)57-27-20(46)14(7-38)53-31(24(27)50)55-25(11(41)4-35)17(43)10(40)3-34/h8,10-32,34-38,40-50H,3-7H2,1-2H3,(H,33,39)/t8-,10-,11+,12+,13+,14+,15+,16+,17+,18-,19+,20-,21+,22-,23-,24+,25+,26+,27-,28+,29-,30-,31-,32-/m0/s1. The van der Waals surface area contributed by atoms with Gasteiger partial charge >= 0.3 is 0 Å². The summed E-state index contributed by atoms with van der Waals surface area (Å²) in [4.78, 5) is 12.6. The van der Waals surface area contributed by atoms with Crippen LogP contribution in [0.3, 0.4) is 0 Å². The fourth-order valence-electron chi connectivity index (χ4n) is 6.95. The first-order valence-corrected chi connectivity index (χ1v) is 18.4. The van der Waals surface area contributed by atoms with Crippen LogP contribution in [0.25, 0.3) is 0 Å². The molecule has 26 heteroatoms. The van der Waals surface area contributed by atoms with E-state index in [2.05, 4.69) is 5.32 Å². The van der Waals surface area contributed by atoms with Gasteiger partial charge in [0.2, 0.25) is 5.91 Å². The smallest absolute Gasteiger partial charge is 0.217 e. The maximum absolute atomic E-state index is 12.6. The summed E-state index contributed by atoms with van der Waals surface area (Å²) in [5.41, 5.74) is 0. The first-order valence-electron chi connectivity index (χ1n) is 18.4. The third-order valence-corrected chi connectivity index (χ3v) is 10.3. The lowest BCUT2D eigenvalue weighted by Crippen LogP contribution is -2.70. The van der Waals surface area contributed by atoms with Crippen LogP contribution < -0.4 is 5.32 Å². The molecule has 17 N–H and O–H groups in total. The molecular weight excluding hydrogens is 798 g/mol. The van der Waals surface area contributed by atoms with Gasteiger partial charge in [-0.15, -0.1) is 0 Å². The molecule has 4 saturated heterocycles. The predicted molar refractivity (Wildman–Crippen MR) is 179 cm³/mol. The Morgan fingerprint density at radius 2 is 1.05 bits per heavy atom. The summed E-state index contributed by atoms with van der Waals surface area (Å²) >= 11 is 0. The van der Waals surface area contributed by atoms with Crippen molar-refractivity contribution in [2.45, 2.75) is 161 Å². The van der Waals surface area contributed by atoms with Gasteiger partial charge in [0.05, 0.1) is 39.1 Å². The Labute approximate surface area is 329 Å². The molecule has 0 saturated carbocycles. The lowest BCUT2D eigenvalue weighted by atomic mass is 9.94. The molecule has 26 nitrogen and oxygen atoms in total. The lowest BCUT2D eigenvalue weighted by molar-refractivity contribution is -0.387. The van der Waals surface area contributed by atoms with E-state index >= 15 is 0 Å². The largest absolute Gasteiger partial charge is 0.394 e. The molecule has 1 amide bonds. The number of amides is 1. The molecule has 0 aromatic carbocycles. The zero-order valence-corrected chi connectivity index (χ0v) is 31.2. The Bertz CT molecular complexity index is 1260. The Balaban J connectivity index is 1.68. The van der Waals surface area contributed by atoms with Crippen LogP contribution in [0.4, 0.5) is 0 Å². The summed E-state index contributed by atoms with van der Waals surface area (Å²) < 4.78 is 45.4. The molecular formula is C32H57NO25. The second-order valence-corrected chi connectivity index (χ2v) is 14.4. The van der Waals surface area contributed by atoms with Crippen molar-refractivity contribution >= 4 is 5.91 Å². The van der Waals surface area contributed by atoms with Crippen LogP contribution in [0.15, 0.2) is 0 Å². The Hall–Kier alpha value is -1.49. The van der Waals surface area contributed by atoms with E-state index in [1.807, 2.05) is 0 Å². The van der Waals surface area contributed by atoms with Gasteiger partial charge in [-0.05, 0) is 6.92 Å². The minimum atomic E-state index is -2.18. The van der Waals surface area contributed by atoms with E-state index in [-0.39, 0.29) is 0 Å². The summed E-state index contributed by atoms with van der Waals surface area (Å²) in [5.74, 6) is -0.841. The highest BCUT2D eigenvalue weighted by Gasteiger charge is 2.56. The topological polar surface area (TPSA) is 427 Å². The summed E-state index contributed by atoms with van der Waals surface area (Å²) in [6, 6.07) is -1.75. The second kappa shape index (κ2) is 21.5. The number of aliphatic hydroxyl groups excluding tert-OH is 16. The molecule has 4 aliphatic rings. The van der Waals surface area contributed by atoms with Crippen molar-refractivity contribution in [1.29, 1.82) is 0 Å². The molecule has 4 fully saturated rings. The normalized spacial score (nSPS) is 45.9. The molecule has 4 rings (SSSR count). The minimum absolute atomic E-state index is 0.841. The van der Waals surface area contributed by atoms with Crippen LogP contribution in [-0.4, -0.2) is 268 Å². The molecule has 4 heterocycles. The summed E-state index contributed by atoms with van der Waals surface area (Å²) in [7, 11) is 0. The monoisotopic (exact) mass is 855 g/mol. The maximum Gasteiger partial charge on any atom is 0.217 e. The number of hydrogen-bond acceptors (Lipinski definition) is 25. The lowest BCUT2D eigenvalue weighted by Gasteiger charge is -2.50. The summed E-state index contributed by atoms with van der Waals surface area (Å²) in [6.07, 6.45) is -43.0. The van der Waals surface area contributed by atoms with Crippen molar-refractivity contribution in [3.63, 3.8) is 0 Å². The Morgan fingerprint density at radius 1 is 0.552 bits per heavy atom. The Morgan fingerprint density at radius 3 is 1.60 bits per heavy atom. The number of carbonyl (C=O) groups excluding carboxylic acids is 1. The zero-order valence-electron chi connectivity index (χ0n) is 31.2. The van der Waals surface area contributed by atoms with Gasteiger partial charge in [0, 0.05) is 6.92 Å².